The monoisotopic (exact) mass is 346 g/mol. The molecule has 1 amide bonds. The standard InChI is InChI=1S/C16H22N6OS/c1-9-11(3)24-16(17-9)18-15(23)10(2)21-6-7-22-13(8-21)19-20-14(22)12-4-5-12/h10,12H,4-8H2,1-3H3,(H,17,18,23)/t10-/m0/s1. The maximum absolute atomic E-state index is 12.5. The summed E-state index contributed by atoms with van der Waals surface area (Å²) in [4.78, 5) is 20.2. The van der Waals surface area contributed by atoms with Crippen LogP contribution in [0.1, 0.15) is 47.9 Å². The lowest BCUT2D eigenvalue weighted by atomic mass is 10.2. The molecule has 24 heavy (non-hydrogen) atoms. The summed E-state index contributed by atoms with van der Waals surface area (Å²) >= 11 is 1.52. The normalized spacial score (nSPS) is 19.1. The van der Waals surface area contributed by atoms with Crippen molar-refractivity contribution in [2.75, 3.05) is 11.9 Å². The molecule has 1 aliphatic carbocycles. The molecule has 2 aromatic heterocycles. The summed E-state index contributed by atoms with van der Waals surface area (Å²) in [5, 5.41) is 12.3. The Hall–Kier alpha value is -1.80. The maximum atomic E-state index is 12.5. The Morgan fingerprint density at radius 1 is 1.29 bits per heavy atom. The summed E-state index contributed by atoms with van der Waals surface area (Å²) in [6.07, 6.45) is 2.46. The van der Waals surface area contributed by atoms with Gasteiger partial charge in [0.2, 0.25) is 5.91 Å². The minimum Gasteiger partial charge on any atom is -0.312 e. The highest BCUT2D eigenvalue weighted by molar-refractivity contribution is 7.15. The summed E-state index contributed by atoms with van der Waals surface area (Å²) < 4.78 is 2.24. The number of carbonyl (C=O) groups excluding carboxylic acids is 1. The molecule has 1 saturated carbocycles. The quantitative estimate of drug-likeness (QED) is 0.917. The van der Waals surface area contributed by atoms with Gasteiger partial charge in [0.25, 0.3) is 0 Å². The number of hydrogen-bond donors (Lipinski definition) is 1. The van der Waals surface area contributed by atoms with Crippen LogP contribution in [-0.4, -0.2) is 43.1 Å². The fourth-order valence-electron chi connectivity index (χ4n) is 3.07. The first-order valence-corrected chi connectivity index (χ1v) is 9.25. The van der Waals surface area contributed by atoms with E-state index < -0.39 is 0 Å². The lowest BCUT2D eigenvalue weighted by Gasteiger charge is -2.31. The van der Waals surface area contributed by atoms with E-state index in [0.717, 1.165) is 35.3 Å². The zero-order valence-electron chi connectivity index (χ0n) is 14.2. The molecule has 1 aliphatic heterocycles. The maximum Gasteiger partial charge on any atom is 0.243 e. The fourth-order valence-corrected chi connectivity index (χ4v) is 3.89. The first-order chi connectivity index (χ1) is 11.5. The Morgan fingerprint density at radius 2 is 2.08 bits per heavy atom. The van der Waals surface area contributed by atoms with Crippen molar-refractivity contribution >= 4 is 22.4 Å². The van der Waals surface area contributed by atoms with Gasteiger partial charge < -0.3 is 9.88 Å². The van der Waals surface area contributed by atoms with Crippen molar-refractivity contribution in [3.8, 4) is 0 Å². The van der Waals surface area contributed by atoms with Crippen molar-refractivity contribution in [1.82, 2.24) is 24.6 Å². The largest absolute Gasteiger partial charge is 0.312 e. The minimum absolute atomic E-state index is 0.0147. The molecule has 0 bridgehead atoms. The van der Waals surface area contributed by atoms with Crippen LogP contribution in [0.25, 0.3) is 0 Å². The molecule has 0 radical (unpaired) electrons. The summed E-state index contributed by atoms with van der Waals surface area (Å²) in [5.41, 5.74) is 0.974. The molecular formula is C16H22N6OS. The van der Waals surface area contributed by atoms with Crippen molar-refractivity contribution in [2.45, 2.75) is 58.7 Å². The van der Waals surface area contributed by atoms with Crippen molar-refractivity contribution in [3.05, 3.63) is 22.2 Å². The van der Waals surface area contributed by atoms with Gasteiger partial charge in [-0.2, -0.15) is 0 Å². The third-order valence-corrected chi connectivity index (χ3v) is 5.93. The Kier molecular flexibility index (Phi) is 3.88. The molecule has 1 fully saturated rings. The molecule has 3 heterocycles. The second kappa shape index (κ2) is 5.93. The summed E-state index contributed by atoms with van der Waals surface area (Å²) in [7, 11) is 0. The zero-order valence-corrected chi connectivity index (χ0v) is 15.1. The number of anilines is 1. The van der Waals surface area contributed by atoms with Gasteiger partial charge in [-0.3, -0.25) is 9.69 Å². The molecule has 0 saturated heterocycles. The first-order valence-electron chi connectivity index (χ1n) is 8.44. The van der Waals surface area contributed by atoms with Gasteiger partial charge in [-0.25, -0.2) is 4.98 Å². The van der Waals surface area contributed by atoms with Gasteiger partial charge in [0.1, 0.15) is 11.6 Å². The summed E-state index contributed by atoms with van der Waals surface area (Å²) in [6, 6.07) is -0.218. The molecular weight excluding hydrogens is 324 g/mol. The number of rotatable bonds is 4. The lowest BCUT2D eigenvalue weighted by Crippen LogP contribution is -2.46. The highest BCUT2D eigenvalue weighted by atomic mass is 32.1. The number of hydrogen-bond acceptors (Lipinski definition) is 6. The van der Waals surface area contributed by atoms with Crippen LogP contribution < -0.4 is 5.32 Å². The number of aryl methyl sites for hydroxylation is 2. The molecule has 0 aromatic carbocycles. The van der Waals surface area contributed by atoms with E-state index in [1.807, 2.05) is 20.8 Å². The van der Waals surface area contributed by atoms with Crippen LogP contribution in [-0.2, 0) is 17.9 Å². The second-order valence-electron chi connectivity index (χ2n) is 6.70. The van der Waals surface area contributed by atoms with Crippen LogP contribution >= 0.6 is 11.3 Å². The number of carbonyl (C=O) groups is 1. The second-order valence-corrected chi connectivity index (χ2v) is 7.90. The molecule has 8 heteroatoms. The van der Waals surface area contributed by atoms with Crippen LogP contribution in [0.5, 0.6) is 0 Å². The Labute approximate surface area is 145 Å². The number of fused-ring (bicyclic) bond motifs is 1. The number of thiazole rings is 1. The Balaban J connectivity index is 1.42. The van der Waals surface area contributed by atoms with Crippen molar-refractivity contribution in [1.29, 1.82) is 0 Å². The van der Waals surface area contributed by atoms with E-state index in [0.29, 0.717) is 17.6 Å². The van der Waals surface area contributed by atoms with Gasteiger partial charge in [-0.05, 0) is 33.6 Å². The van der Waals surface area contributed by atoms with Crippen LogP contribution in [0.3, 0.4) is 0 Å². The summed E-state index contributed by atoms with van der Waals surface area (Å²) in [6.45, 7) is 8.29. The average molecular weight is 346 g/mol. The molecule has 7 nitrogen and oxygen atoms in total. The van der Waals surface area contributed by atoms with E-state index in [1.54, 1.807) is 0 Å². The van der Waals surface area contributed by atoms with Gasteiger partial charge in [-0.15, -0.1) is 21.5 Å². The molecule has 2 aliphatic rings. The highest BCUT2D eigenvalue weighted by Gasteiger charge is 2.33. The Morgan fingerprint density at radius 3 is 2.75 bits per heavy atom. The third-order valence-electron chi connectivity index (χ3n) is 4.94. The van der Waals surface area contributed by atoms with Crippen LogP contribution in [0.2, 0.25) is 0 Å². The van der Waals surface area contributed by atoms with E-state index in [4.69, 9.17) is 0 Å². The molecule has 4 rings (SSSR count). The van der Waals surface area contributed by atoms with E-state index in [2.05, 4.69) is 30.0 Å². The van der Waals surface area contributed by atoms with Gasteiger partial charge in [0.05, 0.1) is 18.3 Å². The number of nitrogens with zero attached hydrogens (tertiary/aromatic N) is 5. The molecule has 0 spiro atoms. The molecule has 1 N–H and O–H groups in total. The average Bonchev–Trinajstić information content (AvgIpc) is 3.24. The van der Waals surface area contributed by atoms with Crippen LogP contribution in [0, 0.1) is 13.8 Å². The molecule has 2 aromatic rings. The van der Waals surface area contributed by atoms with Crippen molar-refractivity contribution in [3.63, 3.8) is 0 Å². The molecule has 1 atom stereocenters. The van der Waals surface area contributed by atoms with E-state index in [-0.39, 0.29) is 11.9 Å². The topological polar surface area (TPSA) is 75.9 Å². The van der Waals surface area contributed by atoms with E-state index >= 15 is 0 Å². The minimum atomic E-state index is -0.218. The SMILES string of the molecule is Cc1nc(NC(=O)[C@H](C)N2CCn3c(nnc3C3CC3)C2)sc1C. The smallest absolute Gasteiger partial charge is 0.243 e. The van der Waals surface area contributed by atoms with E-state index in [1.165, 1.54) is 24.2 Å². The van der Waals surface area contributed by atoms with Gasteiger partial charge in [0.15, 0.2) is 5.13 Å². The van der Waals surface area contributed by atoms with Gasteiger partial charge in [-0.1, -0.05) is 0 Å². The van der Waals surface area contributed by atoms with Gasteiger partial charge >= 0.3 is 0 Å². The van der Waals surface area contributed by atoms with E-state index in [9.17, 15) is 4.79 Å². The third kappa shape index (κ3) is 2.84. The number of amides is 1. The van der Waals surface area contributed by atoms with Crippen LogP contribution in [0.15, 0.2) is 0 Å². The number of aromatic nitrogens is 4. The predicted molar refractivity (Wildman–Crippen MR) is 92.1 cm³/mol. The van der Waals surface area contributed by atoms with Crippen LogP contribution in [0.4, 0.5) is 5.13 Å². The van der Waals surface area contributed by atoms with Crippen molar-refractivity contribution in [2.24, 2.45) is 0 Å². The summed E-state index contributed by atoms with van der Waals surface area (Å²) in [5.74, 6) is 2.70. The highest BCUT2D eigenvalue weighted by Crippen LogP contribution is 2.39. The van der Waals surface area contributed by atoms with Crippen molar-refractivity contribution < 1.29 is 4.79 Å². The Bertz CT molecular complexity index is 758. The number of nitrogens with one attached hydrogen (secondary N) is 1. The fraction of sp³-hybridized carbons (Fsp3) is 0.625. The zero-order chi connectivity index (χ0) is 16.8. The molecule has 0 unspecified atom stereocenters. The predicted octanol–water partition coefficient (Wildman–Crippen LogP) is 2.07. The molecule has 128 valence electrons. The van der Waals surface area contributed by atoms with Gasteiger partial charge in [0, 0.05) is 23.9 Å². The lowest BCUT2D eigenvalue weighted by molar-refractivity contribution is -0.121. The first kappa shape index (κ1) is 15.7.